The van der Waals surface area contributed by atoms with E-state index in [0.29, 0.717) is 6.04 Å². The summed E-state index contributed by atoms with van der Waals surface area (Å²) in [6, 6.07) is 8.76. The van der Waals surface area contributed by atoms with Crippen LogP contribution in [0.4, 0.5) is 5.95 Å². The summed E-state index contributed by atoms with van der Waals surface area (Å²) in [5.41, 5.74) is 2.14. The number of aromatic amines is 1. The fourth-order valence-electron chi connectivity index (χ4n) is 2.81. The minimum absolute atomic E-state index is 0.627. The molecule has 2 aliphatic rings. The molecular weight excluding hydrogens is 200 g/mol. The number of piperidine rings is 1. The first kappa shape index (κ1) is 8.58. The average molecular weight is 214 g/mol. The van der Waals surface area contributed by atoms with Crippen molar-refractivity contribution in [2.24, 2.45) is 11.8 Å². The summed E-state index contributed by atoms with van der Waals surface area (Å²) < 4.78 is 0. The third kappa shape index (κ3) is 1.16. The first-order chi connectivity index (χ1) is 7.92. The molecule has 16 heavy (non-hydrogen) atoms. The number of imidazole rings is 1. The van der Waals surface area contributed by atoms with Crippen molar-refractivity contribution < 1.29 is 0 Å². The summed E-state index contributed by atoms with van der Waals surface area (Å²) in [5.74, 6) is 2.54. The van der Waals surface area contributed by atoms with Gasteiger partial charge in [0, 0.05) is 19.1 Å². The maximum atomic E-state index is 4.53. The minimum Gasteiger partial charge on any atom is -0.352 e. The number of rotatable bonds is 2. The van der Waals surface area contributed by atoms with Gasteiger partial charge in [-0.15, -0.1) is 0 Å². The van der Waals surface area contributed by atoms with Gasteiger partial charge in [0.05, 0.1) is 11.0 Å². The maximum absolute atomic E-state index is 4.53. The Hall–Kier alpha value is -1.55. The highest BCUT2D eigenvalue weighted by Crippen LogP contribution is 2.43. The molecule has 0 amide bonds. The average Bonchev–Trinajstić information content (AvgIpc) is 2.75. The number of hydrogen-bond donors (Lipinski definition) is 3. The Kier molecular flexibility index (Phi) is 1.60. The number of hydrogen-bond acceptors (Lipinski definition) is 3. The van der Waals surface area contributed by atoms with Crippen LogP contribution in [0.3, 0.4) is 0 Å². The second-order valence-electron chi connectivity index (χ2n) is 4.76. The molecule has 1 saturated heterocycles. The lowest BCUT2D eigenvalue weighted by atomic mass is 10.3. The molecule has 82 valence electrons. The second kappa shape index (κ2) is 2.98. The predicted octanol–water partition coefficient (Wildman–Crippen LogP) is 1.19. The van der Waals surface area contributed by atoms with Crippen LogP contribution >= 0.6 is 0 Å². The van der Waals surface area contributed by atoms with E-state index in [4.69, 9.17) is 0 Å². The summed E-state index contributed by atoms with van der Waals surface area (Å²) in [4.78, 5) is 7.85. The summed E-state index contributed by atoms with van der Waals surface area (Å²) in [6.07, 6.45) is 0. The van der Waals surface area contributed by atoms with Crippen LogP contribution in [0.25, 0.3) is 11.0 Å². The van der Waals surface area contributed by atoms with Gasteiger partial charge in [0.2, 0.25) is 5.95 Å². The highest BCUT2D eigenvalue weighted by Gasteiger charge is 2.53. The molecule has 2 heterocycles. The van der Waals surface area contributed by atoms with Crippen molar-refractivity contribution in [2.45, 2.75) is 6.04 Å². The van der Waals surface area contributed by atoms with Crippen molar-refractivity contribution >= 4 is 17.0 Å². The van der Waals surface area contributed by atoms with E-state index in [0.717, 1.165) is 41.9 Å². The summed E-state index contributed by atoms with van der Waals surface area (Å²) in [6.45, 7) is 2.31. The fraction of sp³-hybridized carbons (Fsp3) is 0.417. The Morgan fingerprint density at radius 1 is 1.19 bits per heavy atom. The van der Waals surface area contributed by atoms with Crippen LogP contribution in [-0.2, 0) is 0 Å². The number of aromatic nitrogens is 2. The first-order valence-electron chi connectivity index (χ1n) is 5.84. The normalized spacial score (nSPS) is 31.6. The van der Waals surface area contributed by atoms with Gasteiger partial charge in [-0.25, -0.2) is 4.98 Å². The highest BCUT2D eigenvalue weighted by atomic mass is 15.2. The Labute approximate surface area is 93.5 Å². The smallest absolute Gasteiger partial charge is 0.201 e. The molecule has 1 aromatic heterocycles. The van der Waals surface area contributed by atoms with Crippen LogP contribution < -0.4 is 10.6 Å². The zero-order valence-corrected chi connectivity index (χ0v) is 8.90. The molecule has 2 unspecified atom stereocenters. The van der Waals surface area contributed by atoms with Crippen molar-refractivity contribution in [3.8, 4) is 0 Å². The van der Waals surface area contributed by atoms with E-state index in [9.17, 15) is 0 Å². The Morgan fingerprint density at radius 3 is 2.81 bits per heavy atom. The molecule has 2 aromatic rings. The van der Waals surface area contributed by atoms with E-state index in [2.05, 4.69) is 26.7 Å². The van der Waals surface area contributed by atoms with E-state index >= 15 is 0 Å². The van der Waals surface area contributed by atoms with Crippen LogP contribution in [0.5, 0.6) is 0 Å². The highest BCUT2D eigenvalue weighted by molar-refractivity contribution is 5.77. The van der Waals surface area contributed by atoms with E-state index < -0.39 is 0 Å². The third-order valence-electron chi connectivity index (χ3n) is 3.78. The van der Waals surface area contributed by atoms with Crippen LogP contribution in [-0.4, -0.2) is 29.1 Å². The van der Waals surface area contributed by atoms with E-state index in [-0.39, 0.29) is 0 Å². The number of fused-ring (bicyclic) bond motifs is 2. The Morgan fingerprint density at radius 2 is 2.00 bits per heavy atom. The zero-order valence-electron chi connectivity index (χ0n) is 8.90. The van der Waals surface area contributed by atoms with Gasteiger partial charge in [-0.05, 0) is 24.0 Å². The number of H-pyrrole nitrogens is 1. The molecule has 0 spiro atoms. The number of anilines is 1. The Bertz CT molecular complexity index is 490. The van der Waals surface area contributed by atoms with Crippen LogP contribution in [0, 0.1) is 11.8 Å². The number of nitrogens with zero attached hydrogens (tertiary/aromatic N) is 1. The number of nitrogens with one attached hydrogen (secondary N) is 3. The lowest BCUT2D eigenvalue weighted by Crippen LogP contribution is -2.21. The molecule has 1 aromatic carbocycles. The molecular formula is C12H14N4. The quantitative estimate of drug-likeness (QED) is 0.704. The van der Waals surface area contributed by atoms with Crippen molar-refractivity contribution in [3.05, 3.63) is 24.3 Å². The minimum atomic E-state index is 0.627. The second-order valence-corrected chi connectivity index (χ2v) is 4.76. The lowest BCUT2D eigenvalue weighted by molar-refractivity contribution is 0.694. The fourth-order valence-corrected chi connectivity index (χ4v) is 2.81. The molecule has 4 nitrogen and oxygen atoms in total. The molecule has 1 aliphatic carbocycles. The monoisotopic (exact) mass is 214 g/mol. The van der Waals surface area contributed by atoms with Gasteiger partial charge < -0.3 is 15.6 Å². The Balaban J connectivity index is 1.59. The van der Waals surface area contributed by atoms with Gasteiger partial charge in [0.1, 0.15) is 0 Å². The topological polar surface area (TPSA) is 52.7 Å². The maximum Gasteiger partial charge on any atom is 0.201 e. The van der Waals surface area contributed by atoms with Gasteiger partial charge in [-0.2, -0.15) is 0 Å². The lowest BCUT2D eigenvalue weighted by Gasteiger charge is -2.04. The van der Waals surface area contributed by atoms with Gasteiger partial charge >= 0.3 is 0 Å². The van der Waals surface area contributed by atoms with Crippen molar-refractivity contribution in [2.75, 3.05) is 18.4 Å². The van der Waals surface area contributed by atoms with E-state index in [1.165, 1.54) is 0 Å². The number of para-hydroxylation sites is 2. The van der Waals surface area contributed by atoms with Gasteiger partial charge in [-0.3, -0.25) is 0 Å². The SMILES string of the molecule is c1ccc2[nH]c(NC3C4CNCC43)nc2c1. The molecule has 4 rings (SSSR count). The van der Waals surface area contributed by atoms with Gasteiger partial charge in [-0.1, -0.05) is 12.1 Å². The van der Waals surface area contributed by atoms with Crippen LogP contribution in [0.15, 0.2) is 24.3 Å². The summed E-state index contributed by atoms with van der Waals surface area (Å²) >= 11 is 0. The molecule has 0 radical (unpaired) electrons. The van der Waals surface area contributed by atoms with Gasteiger partial charge in [0.25, 0.3) is 0 Å². The predicted molar refractivity (Wildman–Crippen MR) is 63.4 cm³/mol. The zero-order chi connectivity index (χ0) is 10.5. The van der Waals surface area contributed by atoms with Crippen molar-refractivity contribution in [3.63, 3.8) is 0 Å². The standard InChI is InChI=1S/C12H14N4/c1-2-4-10-9(3-1)14-12(15-10)16-11-7-5-13-6-8(7)11/h1-4,7-8,11,13H,5-6H2,(H2,14,15,16). The molecule has 4 heteroatoms. The molecule has 0 bridgehead atoms. The largest absolute Gasteiger partial charge is 0.352 e. The van der Waals surface area contributed by atoms with E-state index in [1.54, 1.807) is 0 Å². The molecule has 1 aliphatic heterocycles. The first-order valence-corrected chi connectivity index (χ1v) is 5.84. The summed E-state index contributed by atoms with van der Waals surface area (Å²) in [7, 11) is 0. The van der Waals surface area contributed by atoms with E-state index in [1.807, 2.05) is 18.2 Å². The molecule has 2 fully saturated rings. The van der Waals surface area contributed by atoms with Gasteiger partial charge in [0.15, 0.2) is 0 Å². The summed E-state index contributed by atoms with van der Waals surface area (Å²) in [5, 5.41) is 6.89. The molecule has 2 atom stereocenters. The van der Waals surface area contributed by atoms with Crippen molar-refractivity contribution in [1.82, 2.24) is 15.3 Å². The van der Waals surface area contributed by atoms with Crippen LogP contribution in [0.1, 0.15) is 0 Å². The molecule has 3 N–H and O–H groups in total. The third-order valence-corrected chi connectivity index (χ3v) is 3.78. The van der Waals surface area contributed by atoms with Crippen LogP contribution in [0.2, 0.25) is 0 Å². The van der Waals surface area contributed by atoms with Crippen molar-refractivity contribution in [1.29, 1.82) is 0 Å². The number of benzene rings is 1. The molecule has 1 saturated carbocycles.